The molecular weight excluding hydrogens is 338 g/mol. The van der Waals surface area contributed by atoms with E-state index >= 15 is 0 Å². The Labute approximate surface area is 148 Å². The zero-order valence-corrected chi connectivity index (χ0v) is 14.1. The third-order valence-corrected chi connectivity index (χ3v) is 3.69. The van der Waals surface area contributed by atoms with Gasteiger partial charge in [0.1, 0.15) is 0 Å². The van der Waals surface area contributed by atoms with Crippen LogP contribution in [-0.4, -0.2) is 28.2 Å². The van der Waals surface area contributed by atoms with Crippen LogP contribution in [0.25, 0.3) is 23.1 Å². The molecule has 0 amide bonds. The van der Waals surface area contributed by atoms with Gasteiger partial charge in [0, 0.05) is 12.3 Å². The van der Waals surface area contributed by atoms with Crippen molar-refractivity contribution in [1.82, 2.24) is 10.2 Å². The molecule has 0 aliphatic carbocycles. The van der Waals surface area contributed by atoms with Crippen molar-refractivity contribution in [2.24, 2.45) is 0 Å². The van der Waals surface area contributed by atoms with E-state index in [2.05, 4.69) is 10.2 Å². The number of hydrogen-bond donors (Lipinski definition) is 1. The summed E-state index contributed by atoms with van der Waals surface area (Å²) in [6.45, 7) is 1.21. The second kappa shape index (κ2) is 7.06. The lowest BCUT2D eigenvalue weighted by Gasteiger charge is -2.09. The van der Waals surface area contributed by atoms with E-state index in [1.807, 2.05) is 24.3 Å². The summed E-state index contributed by atoms with van der Waals surface area (Å²) in [4.78, 5) is 22.1. The molecule has 0 unspecified atom stereocenters. The highest BCUT2D eigenvalue weighted by Crippen LogP contribution is 2.40. The van der Waals surface area contributed by atoms with Crippen molar-refractivity contribution in [1.29, 1.82) is 0 Å². The van der Waals surface area contributed by atoms with Crippen molar-refractivity contribution in [3.63, 3.8) is 0 Å². The molecule has 1 N–H and O–H groups in total. The fourth-order valence-corrected chi connectivity index (χ4v) is 2.60. The van der Waals surface area contributed by atoms with Crippen molar-refractivity contribution < 1.29 is 19.2 Å². The van der Waals surface area contributed by atoms with Crippen LogP contribution in [0.5, 0.6) is 11.5 Å². The summed E-state index contributed by atoms with van der Waals surface area (Å²) in [5.74, 6) is -0.711. The molecule has 0 fully saturated rings. The quantitative estimate of drug-likeness (QED) is 0.325. The second-order valence-corrected chi connectivity index (χ2v) is 5.37. The van der Waals surface area contributed by atoms with Gasteiger partial charge < -0.3 is 9.47 Å². The number of methoxy groups -OCH3 is 1. The fourth-order valence-electron chi connectivity index (χ4n) is 2.60. The van der Waals surface area contributed by atoms with Gasteiger partial charge in [-0.15, -0.1) is 0 Å². The Kier molecular flexibility index (Phi) is 4.66. The Balaban J connectivity index is 2.07. The lowest BCUT2D eigenvalue weighted by molar-refractivity contribution is -0.386. The van der Waals surface area contributed by atoms with E-state index in [9.17, 15) is 14.9 Å². The Morgan fingerprint density at radius 3 is 2.69 bits per heavy atom. The van der Waals surface area contributed by atoms with E-state index in [1.54, 1.807) is 12.2 Å². The molecule has 3 aromatic rings. The minimum atomic E-state index is -0.594. The number of nitro groups is 1. The second-order valence-electron chi connectivity index (χ2n) is 5.37. The molecule has 2 aromatic carbocycles. The van der Waals surface area contributed by atoms with Crippen molar-refractivity contribution in [3.05, 3.63) is 57.8 Å². The van der Waals surface area contributed by atoms with Gasteiger partial charge in [-0.05, 0) is 30.4 Å². The molecule has 3 rings (SSSR count). The number of para-hydroxylation sites is 1. The van der Waals surface area contributed by atoms with E-state index in [-0.39, 0.29) is 17.2 Å². The summed E-state index contributed by atoms with van der Waals surface area (Å²) in [7, 11) is 1.28. The first-order valence-corrected chi connectivity index (χ1v) is 7.66. The summed E-state index contributed by atoms with van der Waals surface area (Å²) in [5, 5.41) is 19.5. The number of esters is 1. The van der Waals surface area contributed by atoms with Gasteiger partial charge >= 0.3 is 11.7 Å². The van der Waals surface area contributed by atoms with E-state index in [0.29, 0.717) is 11.3 Å². The summed E-state index contributed by atoms with van der Waals surface area (Å²) in [6, 6.07) is 10.5. The molecular formula is C18H15N3O5. The van der Waals surface area contributed by atoms with Crippen molar-refractivity contribution in [3.8, 4) is 11.5 Å². The zero-order chi connectivity index (χ0) is 18.7. The molecule has 0 spiro atoms. The Bertz CT molecular complexity index is 1020. The molecule has 0 aliphatic rings. The molecule has 0 saturated carbocycles. The van der Waals surface area contributed by atoms with Gasteiger partial charge in [0.05, 0.1) is 28.8 Å². The maximum absolute atomic E-state index is 11.5. The van der Waals surface area contributed by atoms with Crippen LogP contribution in [0.2, 0.25) is 0 Å². The average molecular weight is 353 g/mol. The van der Waals surface area contributed by atoms with Gasteiger partial charge in [0.15, 0.2) is 5.75 Å². The number of aromatic nitrogens is 2. The normalized spacial score (nSPS) is 11.0. The molecule has 0 atom stereocenters. The Hall–Kier alpha value is -3.68. The van der Waals surface area contributed by atoms with E-state index in [1.165, 1.54) is 26.2 Å². The number of nitro benzene ring substituents is 1. The number of nitrogens with one attached hydrogen (secondary N) is 1. The zero-order valence-electron chi connectivity index (χ0n) is 14.1. The minimum absolute atomic E-state index is 0.00549. The topological polar surface area (TPSA) is 107 Å². The molecule has 8 heteroatoms. The van der Waals surface area contributed by atoms with Crippen LogP contribution >= 0.6 is 0 Å². The molecule has 1 heterocycles. The number of ether oxygens (including phenoxy) is 2. The number of nitrogens with zero attached hydrogens (tertiary/aromatic N) is 2. The number of carbonyl (C=O) groups is 1. The maximum Gasteiger partial charge on any atom is 0.322 e. The Morgan fingerprint density at radius 2 is 2.00 bits per heavy atom. The number of carbonyl (C=O) groups excluding carboxylic acids is 1. The molecule has 1 aromatic heterocycles. The van der Waals surface area contributed by atoms with Crippen molar-refractivity contribution in [2.75, 3.05) is 7.11 Å². The molecule has 132 valence electrons. The highest BCUT2D eigenvalue weighted by Gasteiger charge is 2.25. The molecule has 26 heavy (non-hydrogen) atoms. The van der Waals surface area contributed by atoms with Crippen LogP contribution in [0, 0.1) is 10.1 Å². The van der Waals surface area contributed by atoms with Crippen molar-refractivity contribution >= 4 is 34.7 Å². The number of benzene rings is 2. The van der Waals surface area contributed by atoms with Gasteiger partial charge in [0.2, 0.25) is 5.75 Å². The predicted octanol–water partition coefficient (Wildman–Crippen LogP) is 3.58. The number of H-pyrrole nitrogens is 1. The number of aromatic amines is 1. The fraction of sp³-hybridized carbons (Fsp3) is 0.111. The van der Waals surface area contributed by atoms with E-state index in [4.69, 9.17) is 9.47 Å². The monoisotopic (exact) mass is 353 g/mol. The highest BCUT2D eigenvalue weighted by atomic mass is 16.6. The summed E-state index contributed by atoms with van der Waals surface area (Å²) < 4.78 is 10.1. The largest absolute Gasteiger partial charge is 0.488 e. The van der Waals surface area contributed by atoms with Gasteiger partial charge in [-0.3, -0.25) is 20.0 Å². The SMILES string of the molecule is COc1c(OC(C)=O)ccc(/C=C/c2n[nH]c3ccccc23)c1[N+](=O)[O-]. The first kappa shape index (κ1) is 17.2. The first-order chi connectivity index (χ1) is 12.5. The average Bonchev–Trinajstić information content (AvgIpc) is 3.02. The van der Waals surface area contributed by atoms with E-state index < -0.39 is 10.9 Å². The first-order valence-electron chi connectivity index (χ1n) is 7.66. The van der Waals surface area contributed by atoms with Crippen LogP contribution in [0.1, 0.15) is 18.2 Å². The van der Waals surface area contributed by atoms with E-state index in [0.717, 1.165) is 10.9 Å². The van der Waals surface area contributed by atoms with Gasteiger partial charge in [0.25, 0.3) is 0 Å². The summed E-state index contributed by atoms with van der Waals surface area (Å²) in [5.41, 5.74) is 1.53. The summed E-state index contributed by atoms with van der Waals surface area (Å²) in [6.07, 6.45) is 3.24. The van der Waals surface area contributed by atoms with Crippen LogP contribution in [0.15, 0.2) is 36.4 Å². The van der Waals surface area contributed by atoms with Crippen LogP contribution < -0.4 is 9.47 Å². The van der Waals surface area contributed by atoms with Crippen LogP contribution in [0.4, 0.5) is 5.69 Å². The summed E-state index contributed by atoms with van der Waals surface area (Å²) >= 11 is 0. The number of fused-ring (bicyclic) bond motifs is 1. The van der Waals surface area contributed by atoms with Gasteiger partial charge in [-0.1, -0.05) is 18.2 Å². The molecule has 0 aliphatic heterocycles. The third kappa shape index (κ3) is 3.25. The maximum atomic E-state index is 11.5. The number of hydrogen-bond acceptors (Lipinski definition) is 6. The standard InChI is InChI=1S/C18H15N3O5/c1-11(22)26-16-10-8-12(17(21(23)24)18(16)25-2)7-9-15-13-5-3-4-6-14(13)19-20-15/h3-10H,1-2H3,(H,19,20)/b9-7+. The molecule has 0 saturated heterocycles. The number of rotatable bonds is 5. The Morgan fingerprint density at radius 1 is 1.23 bits per heavy atom. The smallest absolute Gasteiger partial charge is 0.322 e. The van der Waals surface area contributed by atoms with Gasteiger partial charge in [-0.25, -0.2) is 0 Å². The highest BCUT2D eigenvalue weighted by molar-refractivity contribution is 5.90. The van der Waals surface area contributed by atoms with Crippen LogP contribution in [-0.2, 0) is 4.79 Å². The predicted molar refractivity (Wildman–Crippen MR) is 96.0 cm³/mol. The van der Waals surface area contributed by atoms with Crippen LogP contribution in [0.3, 0.4) is 0 Å². The molecule has 8 nitrogen and oxygen atoms in total. The third-order valence-electron chi connectivity index (χ3n) is 3.69. The van der Waals surface area contributed by atoms with Crippen molar-refractivity contribution in [2.45, 2.75) is 6.92 Å². The lowest BCUT2D eigenvalue weighted by atomic mass is 10.1. The minimum Gasteiger partial charge on any atom is -0.488 e. The molecule has 0 bridgehead atoms. The molecule has 0 radical (unpaired) electrons. The van der Waals surface area contributed by atoms with Gasteiger partial charge in [-0.2, -0.15) is 5.10 Å². The lowest BCUT2D eigenvalue weighted by Crippen LogP contribution is -2.05.